The molecule has 0 fully saturated rings. The van der Waals surface area contributed by atoms with E-state index in [1.54, 1.807) is 0 Å². The molecule has 1 unspecified atom stereocenters. The highest BCUT2D eigenvalue weighted by Crippen LogP contribution is 2.27. The lowest BCUT2D eigenvalue weighted by atomic mass is 10.2. The Morgan fingerprint density at radius 1 is 1.47 bits per heavy atom. The molecular weight excluding hydrogens is 222 g/mol. The molecule has 1 aromatic carbocycles. The number of aliphatic hydroxyl groups is 1. The highest BCUT2D eigenvalue weighted by atomic mass is 16.3. The summed E-state index contributed by atoms with van der Waals surface area (Å²) in [5.74, 6) is -0.0439. The summed E-state index contributed by atoms with van der Waals surface area (Å²) in [6, 6.07) is 3.71. The number of rotatable bonds is 2. The van der Waals surface area contributed by atoms with Crippen LogP contribution in [-0.2, 0) is 0 Å². The van der Waals surface area contributed by atoms with Crippen LogP contribution < -0.4 is 5.73 Å². The van der Waals surface area contributed by atoms with E-state index >= 15 is 0 Å². The van der Waals surface area contributed by atoms with Gasteiger partial charge in [0.15, 0.2) is 5.84 Å². The van der Waals surface area contributed by atoms with Crippen LogP contribution in [0.15, 0.2) is 33.4 Å². The number of anilines is 1. The second kappa shape index (κ2) is 4.30. The minimum atomic E-state index is -0.615. The van der Waals surface area contributed by atoms with Crippen LogP contribution in [0.4, 0.5) is 11.4 Å². The molecule has 0 saturated heterocycles. The van der Waals surface area contributed by atoms with Crippen molar-refractivity contribution < 1.29 is 10.2 Å². The van der Waals surface area contributed by atoms with Crippen LogP contribution >= 0.6 is 0 Å². The van der Waals surface area contributed by atoms with Crippen molar-refractivity contribution in [3.63, 3.8) is 0 Å². The van der Waals surface area contributed by atoms with Gasteiger partial charge in [-0.1, -0.05) is 0 Å². The third-order valence-corrected chi connectivity index (χ3v) is 2.28. The van der Waals surface area contributed by atoms with Crippen LogP contribution in [0.25, 0.3) is 0 Å². The highest BCUT2D eigenvalue weighted by Gasteiger charge is 2.25. The molecule has 5 N–H and O–H groups in total. The van der Waals surface area contributed by atoms with Gasteiger partial charge in [-0.05, 0) is 12.1 Å². The first-order chi connectivity index (χ1) is 8.11. The van der Waals surface area contributed by atoms with Crippen molar-refractivity contribution in [1.29, 1.82) is 5.41 Å². The highest BCUT2D eigenvalue weighted by molar-refractivity contribution is 6.44. The second-order valence-corrected chi connectivity index (χ2v) is 3.50. The summed E-state index contributed by atoms with van der Waals surface area (Å²) in [6.45, 7) is -0.261. The first-order valence-electron chi connectivity index (χ1n) is 4.89. The topological polar surface area (TPSA) is 127 Å². The largest absolute Gasteiger partial charge is 0.508 e. The van der Waals surface area contributed by atoms with Gasteiger partial charge in [-0.2, -0.15) is 5.11 Å². The molecule has 7 nitrogen and oxygen atoms in total. The average molecular weight is 233 g/mol. The molecule has 0 saturated carbocycles. The van der Waals surface area contributed by atoms with E-state index in [1.165, 1.54) is 18.2 Å². The predicted molar refractivity (Wildman–Crippen MR) is 63.1 cm³/mol. The van der Waals surface area contributed by atoms with E-state index in [0.717, 1.165) is 0 Å². The van der Waals surface area contributed by atoms with Crippen molar-refractivity contribution in [3.8, 4) is 5.75 Å². The molecule has 1 aromatic rings. The van der Waals surface area contributed by atoms with Crippen LogP contribution in [0.2, 0.25) is 0 Å². The SMILES string of the molecule is N=C1N=NC(CO)C1=Nc1ccc(O)cc1N. The molecule has 0 amide bonds. The number of hydrogen-bond donors (Lipinski definition) is 4. The summed E-state index contributed by atoms with van der Waals surface area (Å²) in [5.41, 5.74) is 6.64. The van der Waals surface area contributed by atoms with E-state index in [4.69, 9.17) is 16.2 Å². The lowest BCUT2D eigenvalue weighted by Gasteiger charge is -2.05. The zero-order valence-electron chi connectivity index (χ0n) is 8.83. The van der Waals surface area contributed by atoms with E-state index in [1.807, 2.05) is 0 Å². The molecule has 1 heterocycles. The molecular formula is C10H11N5O2. The van der Waals surface area contributed by atoms with Gasteiger partial charge in [0.1, 0.15) is 17.5 Å². The van der Waals surface area contributed by atoms with Crippen LogP contribution in [-0.4, -0.2) is 34.4 Å². The maximum atomic E-state index is 9.20. The van der Waals surface area contributed by atoms with Crippen LogP contribution in [0, 0.1) is 5.41 Å². The fraction of sp³-hybridized carbons (Fsp3) is 0.200. The third-order valence-electron chi connectivity index (χ3n) is 2.28. The van der Waals surface area contributed by atoms with Gasteiger partial charge in [-0.15, -0.1) is 5.11 Å². The van der Waals surface area contributed by atoms with Crippen molar-refractivity contribution in [2.75, 3.05) is 12.3 Å². The number of azo groups is 1. The number of nitrogens with two attached hydrogens (primary N) is 1. The number of phenolic OH excluding ortho intramolecular Hbond substituents is 1. The summed E-state index contributed by atoms with van der Waals surface area (Å²) < 4.78 is 0. The Morgan fingerprint density at radius 2 is 2.24 bits per heavy atom. The minimum absolute atomic E-state index is 0.0426. The zero-order valence-corrected chi connectivity index (χ0v) is 8.83. The molecule has 0 aromatic heterocycles. The number of aliphatic imine (C=N–C) groups is 1. The molecule has 0 bridgehead atoms. The number of nitrogens with zero attached hydrogens (tertiary/aromatic N) is 3. The fourth-order valence-electron chi connectivity index (χ4n) is 1.42. The molecule has 7 heteroatoms. The Labute approximate surface area is 96.8 Å². The number of nitrogen functional groups attached to an aromatic ring is 1. The van der Waals surface area contributed by atoms with Gasteiger partial charge in [0.05, 0.1) is 18.0 Å². The lowest BCUT2D eigenvalue weighted by molar-refractivity contribution is 0.290. The van der Waals surface area contributed by atoms with Gasteiger partial charge in [-0.3, -0.25) is 5.41 Å². The van der Waals surface area contributed by atoms with Gasteiger partial charge in [0.2, 0.25) is 0 Å². The first-order valence-corrected chi connectivity index (χ1v) is 4.89. The Morgan fingerprint density at radius 3 is 2.88 bits per heavy atom. The zero-order chi connectivity index (χ0) is 12.4. The quantitative estimate of drug-likeness (QED) is 0.565. The molecule has 17 heavy (non-hydrogen) atoms. The minimum Gasteiger partial charge on any atom is -0.508 e. The Balaban J connectivity index is 2.38. The van der Waals surface area contributed by atoms with Gasteiger partial charge in [0, 0.05) is 6.07 Å². The third kappa shape index (κ3) is 2.13. The van der Waals surface area contributed by atoms with Crippen LogP contribution in [0.5, 0.6) is 5.75 Å². The monoisotopic (exact) mass is 233 g/mol. The molecule has 1 aliphatic heterocycles. The lowest BCUT2D eigenvalue weighted by Crippen LogP contribution is -2.23. The smallest absolute Gasteiger partial charge is 0.190 e. The molecule has 0 radical (unpaired) electrons. The van der Waals surface area contributed by atoms with E-state index in [-0.39, 0.29) is 29.6 Å². The normalized spacial score (nSPS) is 21.4. The summed E-state index contributed by atoms with van der Waals surface area (Å²) >= 11 is 0. The number of benzene rings is 1. The van der Waals surface area contributed by atoms with E-state index in [0.29, 0.717) is 5.69 Å². The van der Waals surface area contributed by atoms with E-state index in [2.05, 4.69) is 15.2 Å². The van der Waals surface area contributed by atoms with Crippen LogP contribution in [0.3, 0.4) is 0 Å². The number of aromatic hydroxyl groups is 1. The maximum absolute atomic E-state index is 9.20. The van der Waals surface area contributed by atoms with Crippen molar-refractivity contribution in [3.05, 3.63) is 18.2 Å². The van der Waals surface area contributed by atoms with Gasteiger partial charge in [-0.25, -0.2) is 4.99 Å². The number of aliphatic hydroxyl groups excluding tert-OH is 1. The van der Waals surface area contributed by atoms with Crippen molar-refractivity contribution >= 4 is 22.9 Å². The van der Waals surface area contributed by atoms with Gasteiger partial charge < -0.3 is 15.9 Å². The second-order valence-electron chi connectivity index (χ2n) is 3.50. The first kappa shape index (κ1) is 11.2. The average Bonchev–Trinajstić information content (AvgIpc) is 2.64. The molecule has 88 valence electrons. The molecule has 2 rings (SSSR count). The van der Waals surface area contributed by atoms with E-state index in [9.17, 15) is 5.11 Å². The van der Waals surface area contributed by atoms with Gasteiger partial charge >= 0.3 is 0 Å². The Hall–Kier alpha value is -2.28. The molecule has 0 aliphatic carbocycles. The maximum Gasteiger partial charge on any atom is 0.190 e. The van der Waals surface area contributed by atoms with Gasteiger partial charge in [0.25, 0.3) is 0 Å². The summed E-state index contributed by atoms with van der Waals surface area (Å²) in [4.78, 5) is 4.14. The summed E-state index contributed by atoms with van der Waals surface area (Å²) in [6.07, 6.45) is 0. The summed E-state index contributed by atoms with van der Waals surface area (Å²) in [7, 11) is 0. The van der Waals surface area contributed by atoms with Crippen molar-refractivity contribution in [2.45, 2.75) is 6.04 Å². The van der Waals surface area contributed by atoms with E-state index < -0.39 is 6.04 Å². The molecule has 1 aliphatic rings. The number of amidine groups is 1. The van der Waals surface area contributed by atoms with Crippen molar-refractivity contribution in [2.24, 2.45) is 15.2 Å². The molecule has 1 atom stereocenters. The summed E-state index contributed by atoms with van der Waals surface area (Å²) in [5, 5.41) is 33.0. The number of nitrogens with one attached hydrogen (secondary N) is 1. The molecule has 0 spiro atoms. The number of phenols is 1. The van der Waals surface area contributed by atoms with Crippen LogP contribution in [0.1, 0.15) is 0 Å². The fourth-order valence-corrected chi connectivity index (χ4v) is 1.42. The standard InChI is InChI=1S/C10H11N5O2/c11-6-3-5(17)1-2-7(6)13-9-8(4-16)14-15-10(9)12/h1-3,8,12,16-17H,4,11H2. The van der Waals surface area contributed by atoms with Crippen molar-refractivity contribution in [1.82, 2.24) is 0 Å². The number of hydrogen-bond acceptors (Lipinski definition) is 6. The Bertz CT molecular complexity index is 523. The predicted octanol–water partition coefficient (Wildman–Crippen LogP) is 0.851. The Kier molecular flexibility index (Phi) is 2.84.